The quantitative estimate of drug-likeness (QED) is 0.380. The molecule has 6 heteroatoms. The molecule has 0 heterocycles. The molecule has 0 saturated heterocycles. The molecule has 1 saturated carbocycles. The second-order valence-corrected chi connectivity index (χ2v) is 6.26. The van der Waals surface area contributed by atoms with E-state index < -0.39 is 0 Å². The van der Waals surface area contributed by atoms with Crippen LogP contribution in [0.15, 0.2) is 59.5 Å². The molecule has 147 valence electrons. The third-order valence-electron chi connectivity index (χ3n) is 3.52. The van der Waals surface area contributed by atoms with Crippen molar-refractivity contribution < 1.29 is 35.8 Å². The van der Waals surface area contributed by atoms with Crippen LogP contribution in [0.3, 0.4) is 0 Å². The van der Waals surface area contributed by atoms with E-state index in [1.165, 1.54) is 27.2 Å². The molecule has 2 aromatic rings. The zero-order valence-electron chi connectivity index (χ0n) is 15.8. The zero-order valence-corrected chi connectivity index (χ0v) is 17.8. The van der Waals surface area contributed by atoms with Crippen molar-refractivity contribution in [2.75, 3.05) is 7.11 Å². The number of methoxy groups -OCH3 is 1. The molecule has 1 fully saturated rings. The van der Waals surface area contributed by atoms with Crippen molar-refractivity contribution in [3.8, 4) is 0 Å². The van der Waals surface area contributed by atoms with Gasteiger partial charge in [-0.15, -0.1) is 11.8 Å². The first-order chi connectivity index (χ1) is 13.8. The van der Waals surface area contributed by atoms with Crippen LogP contribution in [0, 0.1) is 63.4 Å². The number of benzene rings is 2. The van der Waals surface area contributed by atoms with E-state index in [4.69, 9.17) is 18.7 Å². The molecule has 2 aromatic carbocycles. The molecule has 0 aromatic heterocycles. The van der Waals surface area contributed by atoms with Gasteiger partial charge in [0.05, 0.1) is 5.25 Å². The van der Waals surface area contributed by atoms with Gasteiger partial charge in [0.1, 0.15) is 6.10 Å². The molecule has 0 aliphatic heterocycles. The van der Waals surface area contributed by atoms with Gasteiger partial charge in [-0.2, -0.15) is 0 Å². The van der Waals surface area contributed by atoms with Crippen LogP contribution >= 0.6 is 11.8 Å². The summed E-state index contributed by atoms with van der Waals surface area (Å²) in [5.74, 6) is 1.20. The van der Waals surface area contributed by atoms with E-state index in [1.807, 2.05) is 12.5 Å². The van der Waals surface area contributed by atoms with Crippen LogP contribution in [0.2, 0.25) is 0 Å². The number of hydrogen-bond donors (Lipinski definition) is 0. The van der Waals surface area contributed by atoms with Crippen LogP contribution in [-0.4, -0.2) is 7.11 Å². The van der Waals surface area contributed by atoms with Crippen LogP contribution in [0.4, 0.5) is 0 Å². The van der Waals surface area contributed by atoms with E-state index in [0.717, 1.165) is 6.10 Å². The third kappa shape index (κ3) is 10.2. The van der Waals surface area contributed by atoms with Gasteiger partial charge in [0.15, 0.2) is 0 Å². The summed E-state index contributed by atoms with van der Waals surface area (Å²) in [4.78, 5) is 1.24. The van der Waals surface area contributed by atoms with Crippen molar-refractivity contribution in [2.45, 2.75) is 11.8 Å². The Labute approximate surface area is 188 Å². The number of ether oxygens (including phenoxy) is 1. The first kappa shape index (κ1) is 29.7. The smallest absolute Gasteiger partial charge is 0 e. The first-order valence-corrected chi connectivity index (χ1v) is 8.67. The maximum atomic E-state index is 7.50. The fraction of sp³-hybridized carbons (Fsp3) is 0.0870. The molecule has 0 N–H and O–H groups in total. The summed E-state index contributed by atoms with van der Waals surface area (Å²) in [6.07, 6.45) is 7.13. The molecule has 29 heavy (non-hydrogen) atoms. The molecule has 0 unspecified atom stereocenters. The predicted octanol–water partition coefficient (Wildman–Crippen LogP) is 4.93. The Hall–Kier alpha value is -1.51. The summed E-state index contributed by atoms with van der Waals surface area (Å²) in [6.45, 7) is 15.6. The second kappa shape index (κ2) is 18.5. The fourth-order valence-corrected chi connectivity index (χ4v) is 3.25. The average molecular weight is 445 g/mol. The summed E-state index contributed by atoms with van der Waals surface area (Å²) in [5, 5.41) is 1.23. The Bertz CT molecular complexity index is 699. The van der Waals surface area contributed by atoms with Gasteiger partial charge in [-0.05, 0) is 31.0 Å². The van der Waals surface area contributed by atoms with Crippen LogP contribution in [0.1, 0.15) is 11.1 Å². The minimum atomic E-state index is 0. The normalized spacial score (nSPS) is 13.7. The maximum Gasteiger partial charge on any atom is 0 e. The molecule has 0 atom stereocenters. The van der Waals surface area contributed by atoms with Crippen LogP contribution in [-0.2, 0) is 35.8 Å². The Morgan fingerprint density at radius 3 is 1.86 bits per heavy atom. The Balaban J connectivity index is 0. The minimum Gasteiger partial charge on any atom is 0 e. The SMILES string of the molecule is CO[C]1[CH][CH][C](Sc2ccc(C)cc2)[C](c2ccccc2)[CH]1.[C-]#[O+].[C-]#[O+].[C-]#[O+].[Mn]. The Kier molecular flexibility index (Phi) is 19.0. The molecule has 0 amide bonds. The topological polar surface area (TPSA) is 68.9 Å². The molecule has 1 aliphatic carbocycles. The third-order valence-corrected chi connectivity index (χ3v) is 4.60. The summed E-state index contributed by atoms with van der Waals surface area (Å²) in [6, 6.07) is 19.1. The molecule has 0 spiro atoms. The molecule has 4 nitrogen and oxygen atoms in total. The first-order valence-electron chi connectivity index (χ1n) is 7.85. The van der Waals surface area contributed by atoms with Crippen molar-refractivity contribution in [1.29, 1.82) is 0 Å². The van der Waals surface area contributed by atoms with E-state index in [0.29, 0.717) is 0 Å². The summed E-state index contributed by atoms with van der Waals surface area (Å²) in [7, 11) is 1.71. The average Bonchev–Trinajstić information content (AvgIpc) is 2.80. The minimum absolute atomic E-state index is 0. The number of rotatable bonds is 4. The van der Waals surface area contributed by atoms with Crippen LogP contribution < -0.4 is 0 Å². The molecular formula is C23H18MnO4S. The van der Waals surface area contributed by atoms with Gasteiger partial charge in [-0.1, -0.05) is 48.0 Å². The molecular weight excluding hydrogens is 427 g/mol. The van der Waals surface area contributed by atoms with Crippen molar-refractivity contribution in [2.24, 2.45) is 0 Å². The van der Waals surface area contributed by atoms with Crippen molar-refractivity contribution in [3.05, 3.63) is 122 Å². The fourth-order valence-electron chi connectivity index (χ4n) is 2.30. The van der Waals surface area contributed by atoms with Gasteiger partial charge in [-0.25, -0.2) is 0 Å². The van der Waals surface area contributed by atoms with Crippen LogP contribution in [0.5, 0.6) is 0 Å². The van der Waals surface area contributed by atoms with Crippen LogP contribution in [0.25, 0.3) is 0 Å². The van der Waals surface area contributed by atoms with Crippen molar-refractivity contribution in [3.63, 3.8) is 0 Å². The second-order valence-electron chi connectivity index (χ2n) is 5.14. The van der Waals surface area contributed by atoms with E-state index in [2.05, 4.69) is 88.2 Å². The van der Waals surface area contributed by atoms with Gasteiger partial charge in [0.2, 0.25) is 0 Å². The standard InChI is InChI=1S/C20H18OS.3CO.Mn/c1-15-8-11-18(12-9-15)22-20-13-10-17(21-2)14-19(20)16-6-4-3-5-7-16;3*1-2;/h3-14H,1-2H3;;;;. The number of aryl methyl sites for hydroxylation is 1. The van der Waals surface area contributed by atoms with Gasteiger partial charge >= 0.3 is 33.9 Å². The van der Waals surface area contributed by atoms with Gasteiger partial charge in [0, 0.05) is 47.8 Å². The summed E-state index contributed by atoms with van der Waals surface area (Å²) >= 11 is 1.78. The molecule has 7 radical (unpaired) electrons. The van der Waals surface area contributed by atoms with Gasteiger partial charge in [-0.3, -0.25) is 0 Å². The van der Waals surface area contributed by atoms with E-state index in [-0.39, 0.29) is 17.1 Å². The molecule has 1 aliphatic rings. The van der Waals surface area contributed by atoms with Crippen molar-refractivity contribution in [1.82, 2.24) is 0 Å². The number of hydrogen-bond acceptors (Lipinski definition) is 2. The maximum absolute atomic E-state index is 7.50. The van der Waals surface area contributed by atoms with E-state index >= 15 is 0 Å². The zero-order chi connectivity index (χ0) is 21.4. The Morgan fingerprint density at radius 1 is 0.793 bits per heavy atom. The summed E-state index contributed by atoms with van der Waals surface area (Å²) < 4.78 is 27.9. The largest absolute Gasteiger partial charge is 0 e. The summed E-state index contributed by atoms with van der Waals surface area (Å²) in [5.41, 5.74) is 2.48. The van der Waals surface area contributed by atoms with Crippen molar-refractivity contribution >= 4 is 11.8 Å². The van der Waals surface area contributed by atoms with E-state index in [1.54, 1.807) is 18.9 Å². The van der Waals surface area contributed by atoms with E-state index in [9.17, 15) is 0 Å². The predicted molar refractivity (Wildman–Crippen MR) is 104 cm³/mol. The van der Waals surface area contributed by atoms with Gasteiger partial charge < -0.3 is 4.74 Å². The number of thioether (sulfide) groups is 1. The molecule has 0 bridgehead atoms. The molecule has 3 rings (SSSR count). The monoisotopic (exact) mass is 445 g/mol. The van der Waals surface area contributed by atoms with Gasteiger partial charge in [0.25, 0.3) is 0 Å². The Morgan fingerprint density at radius 2 is 1.34 bits per heavy atom.